The van der Waals surface area contributed by atoms with E-state index in [2.05, 4.69) is 0 Å². The van der Waals surface area contributed by atoms with Gasteiger partial charge in [0.15, 0.2) is 4.46 Å². The first kappa shape index (κ1) is 15.6. The molecule has 0 unspecified atom stereocenters. The van der Waals surface area contributed by atoms with E-state index in [0.717, 1.165) is 10.7 Å². The van der Waals surface area contributed by atoms with Crippen LogP contribution in [0.2, 0.25) is 0 Å². The first-order valence-corrected chi connectivity index (χ1v) is 8.19. The van der Waals surface area contributed by atoms with Gasteiger partial charge in [0, 0.05) is 6.54 Å². The molecule has 2 rings (SSSR count). The minimum atomic E-state index is -3.84. The summed E-state index contributed by atoms with van der Waals surface area (Å²) in [7, 11) is -3.84. The molecule has 1 heterocycles. The predicted molar refractivity (Wildman–Crippen MR) is 75.6 cm³/mol. The highest BCUT2D eigenvalue weighted by Gasteiger charge is 2.43. The summed E-state index contributed by atoms with van der Waals surface area (Å²) in [5.74, 6) is -1.11. The van der Waals surface area contributed by atoms with Crippen LogP contribution in [0.15, 0.2) is 29.2 Å². The van der Waals surface area contributed by atoms with E-state index in [0.29, 0.717) is 12.8 Å². The van der Waals surface area contributed by atoms with Gasteiger partial charge in [-0.15, -0.1) is 0 Å². The van der Waals surface area contributed by atoms with Crippen LogP contribution in [0.1, 0.15) is 29.6 Å². The zero-order valence-corrected chi connectivity index (χ0v) is 12.7. The van der Waals surface area contributed by atoms with Crippen LogP contribution in [-0.4, -0.2) is 34.8 Å². The molecule has 20 heavy (non-hydrogen) atoms. The van der Waals surface area contributed by atoms with E-state index in [1.807, 2.05) is 0 Å². The topological polar surface area (TPSA) is 74.7 Å². The van der Waals surface area contributed by atoms with Gasteiger partial charge < -0.3 is 5.11 Å². The number of hydrogen-bond donors (Lipinski definition) is 1. The second-order valence-electron chi connectivity index (χ2n) is 4.53. The highest BCUT2D eigenvalue weighted by Crippen LogP contribution is 2.39. The molecule has 0 aromatic heterocycles. The lowest BCUT2D eigenvalue weighted by Crippen LogP contribution is -2.47. The number of rotatable bonds is 3. The molecule has 0 spiro atoms. The van der Waals surface area contributed by atoms with Crippen molar-refractivity contribution in [3.8, 4) is 0 Å². The van der Waals surface area contributed by atoms with Gasteiger partial charge in [0.2, 0.25) is 10.0 Å². The van der Waals surface area contributed by atoms with Crippen molar-refractivity contribution >= 4 is 39.2 Å². The number of carbonyl (C=O) groups is 1. The normalized spacial score (nSPS) is 19.7. The molecule has 1 saturated heterocycles. The molecule has 1 aromatic rings. The van der Waals surface area contributed by atoms with Crippen molar-refractivity contribution in [1.29, 1.82) is 0 Å². The summed E-state index contributed by atoms with van der Waals surface area (Å²) in [6.45, 7) is 0.246. The molecular weight excluding hydrogens is 325 g/mol. The lowest BCUT2D eigenvalue weighted by atomic mass is 10.2. The smallest absolute Gasteiger partial charge is 0.335 e. The number of hydrogen-bond acceptors (Lipinski definition) is 3. The zero-order chi connectivity index (χ0) is 15.0. The first-order valence-electron chi connectivity index (χ1n) is 5.99. The molecular formula is C12H13Cl2NO4S. The molecule has 0 radical (unpaired) electrons. The van der Waals surface area contributed by atoms with E-state index >= 15 is 0 Å². The number of carboxylic acids is 1. The Morgan fingerprint density at radius 1 is 1.20 bits per heavy atom. The number of sulfonamides is 1. The fraction of sp³-hybridized carbons (Fsp3) is 0.417. The Bertz CT molecular complexity index is 613. The maximum Gasteiger partial charge on any atom is 0.335 e. The predicted octanol–water partition coefficient (Wildman–Crippen LogP) is 2.69. The maximum absolute atomic E-state index is 12.5. The molecule has 1 aliphatic rings. The van der Waals surface area contributed by atoms with Crippen LogP contribution in [0, 0.1) is 0 Å². The molecule has 1 aliphatic heterocycles. The number of halogens is 2. The van der Waals surface area contributed by atoms with E-state index in [4.69, 9.17) is 28.3 Å². The van der Waals surface area contributed by atoms with Crippen molar-refractivity contribution in [2.24, 2.45) is 0 Å². The van der Waals surface area contributed by atoms with Crippen LogP contribution in [0.4, 0.5) is 0 Å². The molecule has 110 valence electrons. The third-order valence-corrected chi connectivity index (χ3v) is 6.07. The third kappa shape index (κ3) is 2.93. The second kappa shape index (κ2) is 5.52. The van der Waals surface area contributed by atoms with E-state index in [1.165, 1.54) is 24.3 Å². The van der Waals surface area contributed by atoms with Crippen molar-refractivity contribution in [1.82, 2.24) is 4.31 Å². The SMILES string of the molecule is O=C(O)c1ccc(S(=O)(=O)N2CCCCC2(Cl)Cl)cc1. The molecule has 5 nitrogen and oxygen atoms in total. The van der Waals surface area contributed by atoms with Crippen LogP contribution in [0.3, 0.4) is 0 Å². The highest BCUT2D eigenvalue weighted by molar-refractivity contribution is 7.89. The van der Waals surface area contributed by atoms with E-state index in [9.17, 15) is 13.2 Å². The molecule has 0 atom stereocenters. The summed E-state index contributed by atoms with van der Waals surface area (Å²) in [4.78, 5) is 10.7. The van der Waals surface area contributed by atoms with Gasteiger partial charge in [0.05, 0.1) is 10.5 Å². The summed E-state index contributed by atoms with van der Waals surface area (Å²) in [5.41, 5.74) is 0.0191. The van der Waals surface area contributed by atoms with Gasteiger partial charge in [0.25, 0.3) is 0 Å². The Morgan fingerprint density at radius 2 is 1.80 bits per heavy atom. The molecule has 1 N–H and O–H groups in total. The number of benzene rings is 1. The third-order valence-electron chi connectivity index (χ3n) is 3.14. The van der Waals surface area contributed by atoms with Crippen LogP contribution in [0.25, 0.3) is 0 Å². The summed E-state index contributed by atoms with van der Waals surface area (Å²) in [6.07, 6.45) is 1.81. The number of piperidine rings is 1. The Hall–Kier alpha value is -0.820. The summed E-state index contributed by atoms with van der Waals surface area (Å²) >= 11 is 12.1. The maximum atomic E-state index is 12.5. The molecule has 0 saturated carbocycles. The van der Waals surface area contributed by atoms with Crippen LogP contribution < -0.4 is 0 Å². The Morgan fingerprint density at radius 3 is 2.30 bits per heavy atom. The van der Waals surface area contributed by atoms with Crippen LogP contribution in [0.5, 0.6) is 0 Å². The number of nitrogens with zero attached hydrogens (tertiary/aromatic N) is 1. The number of alkyl halides is 2. The van der Waals surface area contributed by atoms with Crippen molar-refractivity contribution < 1.29 is 18.3 Å². The fourth-order valence-electron chi connectivity index (χ4n) is 2.07. The average Bonchev–Trinajstić information content (AvgIpc) is 2.38. The molecule has 1 aromatic carbocycles. The van der Waals surface area contributed by atoms with Gasteiger partial charge in [-0.1, -0.05) is 23.2 Å². The van der Waals surface area contributed by atoms with Crippen molar-refractivity contribution in [2.75, 3.05) is 6.54 Å². The van der Waals surface area contributed by atoms with E-state index < -0.39 is 20.4 Å². The largest absolute Gasteiger partial charge is 0.478 e. The summed E-state index contributed by atoms with van der Waals surface area (Å²) in [6, 6.07) is 4.97. The monoisotopic (exact) mass is 337 g/mol. The van der Waals surface area contributed by atoms with Crippen molar-refractivity contribution in [3.05, 3.63) is 29.8 Å². The number of carboxylic acid groups (broad SMARTS) is 1. The minimum absolute atomic E-state index is 0.0184. The van der Waals surface area contributed by atoms with Gasteiger partial charge in [0.1, 0.15) is 0 Å². The van der Waals surface area contributed by atoms with Gasteiger partial charge >= 0.3 is 5.97 Å². The quantitative estimate of drug-likeness (QED) is 0.679. The van der Waals surface area contributed by atoms with Gasteiger partial charge in [-0.3, -0.25) is 0 Å². The lowest BCUT2D eigenvalue weighted by molar-refractivity contribution is 0.0696. The summed E-state index contributed by atoms with van der Waals surface area (Å²) in [5, 5.41) is 8.81. The highest BCUT2D eigenvalue weighted by atomic mass is 35.5. The Labute approximate surface area is 127 Å². The zero-order valence-electron chi connectivity index (χ0n) is 10.4. The van der Waals surface area contributed by atoms with Crippen molar-refractivity contribution in [3.63, 3.8) is 0 Å². The minimum Gasteiger partial charge on any atom is -0.478 e. The van der Waals surface area contributed by atoms with Gasteiger partial charge in [-0.2, -0.15) is 4.31 Å². The Balaban J connectivity index is 2.36. The van der Waals surface area contributed by atoms with Gasteiger partial charge in [-0.05, 0) is 43.5 Å². The second-order valence-corrected chi connectivity index (χ2v) is 7.84. The van der Waals surface area contributed by atoms with E-state index in [-0.39, 0.29) is 17.0 Å². The number of aromatic carboxylic acids is 1. The Kier molecular flexibility index (Phi) is 4.30. The molecule has 0 amide bonds. The molecule has 0 aliphatic carbocycles. The summed E-state index contributed by atoms with van der Waals surface area (Å²) < 4.78 is 24.6. The first-order chi connectivity index (χ1) is 9.25. The molecule has 1 fully saturated rings. The van der Waals surface area contributed by atoms with E-state index in [1.54, 1.807) is 0 Å². The molecule has 0 bridgehead atoms. The van der Waals surface area contributed by atoms with Gasteiger partial charge in [-0.25, -0.2) is 13.2 Å². The molecule has 8 heteroatoms. The standard InChI is InChI=1S/C12H13Cl2NO4S/c13-12(14)7-1-2-8-15(12)20(18,19)10-5-3-9(4-6-10)11(16)17/h3-6H,1-2,7-8H2,(H,16,17). The average molecular weight is 338 g/mol. The fourth-order valence-corrected chi connectivity index (χ4v) is 4.60. The van der Waals surface area contributed by atoms with Crippen LogP contribution >= 0.6 is 23.2 Å². The van der Waals surface area contributed by atoms with Crippen molar-refractivity contribution in [2.45, 2.75) is 28.6 Å². The lowest BCUT2D eigenvalue weighted by Gasteiger charge is -2.36. The van der Waals surface area contributed by atoms with Crippen LogP contribution in [-0.2, 0) is 10.0 Å².